The first-order chi connectivity index (χ1) is 9.15. The van der Waals surface area contributed by atoms with Crippen LogP contribution in [0.25, 0.3) is 0 Å². The zero-order valence-corrected chi connectivity index (χ0v) is 12.2. The van der Waals surface area contributed by atoms with Crippen LogP contribution in [-0.4, -0.2) is 26.8 Å². The molecule has 1 N–H and O–H groups in total. The Labute approximate surface area is 118 Å². The number of aromatic nitrogens is 2. The third-order valence-corrected chi connectivity index (χ3v) is 4.05. The Bertz CT molecular complexity index is 461. The first kappa shape index (κ1) is 14.3. The molecule has 1 saturated carbocycles. The van der Waals surface area contributed by atoms with Gasteiger partial charge in [0.15, 0.2) is 0 Å². The highest BCUT2D eigenvalue weighted by Gasteiger charge is 2.20. The maximum Gasteiger partial charge on any atom is 0.0903 e. The summed E-state index contributed by atoms with van der Waals surface area (Å²) in [6.07, 6.45) is 3.62. The zero-order chi connectivity index (χ0) is 13.8. The van der Waals surface area contributed by atoms with E-state index in [1.54, 1.807) is 0 Å². The number of nitrogens with zero attached hydrogens (tertiary/aromatic N) is 3. The topological polar surface area (TPSA) is 59.6 Å². The van der Waals surface area contributed by atoms with Gasteiger partial charge in [-0.15, -0.1) is 0 Å². The van der Waals surface area contributed by atoms with Gasteiger partial charge in [-0.25, -0.2) is 0 Å². The van der Waals surface area contributed by atoms with Crippen molar-refractivity contribution >= 4 is 17.3 Å². The molecule has 1 aliphatic rings. The smallest absolute Gasteiger partial charge is 0.0903 e. The maximum atomic E-state index is 8.71. The number of rotatable bonds is 4. The number of hydrogen-bond donors (Lipinski definition) is 1. The van der Waals surface area contributed by atoms with Gasteiger partial charge < -0.3 is 9.94 Å². The molecule has 0 spiro atoms. The van der Waals surface area contributed by atoms with Gasteiger partial charge in [0, 0.05) is 6.54 Å². The summed E-state index contributed by atoms with van der Waals surface area (Å²) in [5.41, 5.74) is 2.66. The summed E-state index contributed by atoms with van der Waals surface area (Å²) in [4.78, 5) is 0. The van der Waals surface area contributed by atoms with E-state index >= 15 is 0 Å². The first-order valence-electron chi connectivity index (χ1n) is 6.68. The van der Waals surface area contributed by atoms with Gasteiger partial charge in [0.05, 0.1) is 34.8 Å². The molecule has 6 heteroatoms. The molecule has 106 valence electrons. The van der Waals surface area contributed by atoms with Gasteiger partial charge in [-0.1, -0.05) is 16.8 Å². The molecular formula is C13H20ClN3O2. The van der Waals surface area contributed by atoms with Crippen molar-refractivity contribution in [2.45, 2.75) is 58.8 Å². The normalized spacial score (nSPS) is 19.7. The SMILES string of the molecule is CCn1nc(C)c(Cl)c1COC1CCC(=NO)CC1. The van der Waals surface area contributed by atoms with Crippen molar-refractivity contribution < 1.29 is 9.94 Å². The molecular weight excluding hydrogens is 266 g/mol. The molecule has 1 aliphatic carbocycles. The monoisotopic (exact) mass is 285 g/mol. The molecule has 0 aromatic carbocycles. The van der Waals surface area contributed by atoms with E-state index < -0.39 is 0 Å². The molecule has 0 amide bonds. The predicted octanol–water partition coefficient (Wildman–Crippen LogP) is 3.15. The van der Waals surface area contributed by atoms with Crippen LogP contribution in [0.1, 0.15) is 44.0 Å². The van der Waals surface area contributed by atoms with Crippen LogP contribution >= 0.6 is 11.6 Å². The quantitative estimate of drug-likeness (QED) is 0.683. The maximum absolute atomic E-state index is 8.71. The van der Waals surface area contributed by atoms with Gasteiger partial charge >= 0.3 is 0 Å². The van der Waals surface area contributed by atoms with Crippen molar-refractivity contribution in [3.63, 3.8) is 0 Å². The number of aryl methyl sites for hydroxylation is 2. The molecule has 0 unspecified atom stereocenters. The highest BCUT2D eigenvalue weighted by atomic mass is 35.5. The van der Waals surface area contributed by atoms with Crippen molar-refractivity contribution in [2.24, 2.45) is 5.16 Å². The Morgan fingerprint density at radius 2 is 2.16 bits per heavy atom. The van der Waals surface area contributed by atoms with Crippen LogP contribution < -0.4 is 0 Å². The molecule has 19 heavy (non-hydrogen) atoms. The largest absolute Gasteiger partial charge is 0.411 e. The molecule has 1 aromatic rings. The van der Waals surface area contributed by atoms with E-state index in [9.17, 15) is 0 Å². The van der Waals surface area contributed by atoms with Crippen LogP contribution in [0, 0.1) is 6.92 Å². The molecule has 0 aliphatic heterocycles. The summed E-state index contributed by atoms with van der Waals surface area (Å²) >= 11 is 6.24. The lowest BCUT2D eigenvalue weighted by molar-refractivity contribution is 0.0242. The minimum absolute atomic E-state index is 0.210. The van der Waals surface area contributed by atoms with E-state index in [2.05, 4.69) is 10.3 Å². The molecule has 0 radical (unpaired) electrons. The van der Waals surface area contributed by atoms with E-state index in [-0.39, 0.29) is 6.10 Å². The number of halogens is 1. The Balaban J connectivity index is 1.93. The van der Waals surface area contributed by atoms with Crippen molar-refractivity contribution in [3.8, 4) is 0 Å². The summed E-state index contributed by atoms with van der Waals surface area (Å²) in [5.74, 6) is 0. The van der Waals surface area contributed by atoms with Gasteiger partial charge in [-0.2, -0.15) is 5.10 Å². The van der Waals surface area contributed by atoms with E-state index in [1.165, 1.54) is 0 Å². The standard InChI is InChI=1S/C13H20ClN3O2/c1-3-17-12(13(14)9(2)15-17)8-19-11-6-4-10(16-18)5-7-11/h11,18H,3-8H2,1-2H3. The Kier molecular flexibility index (Phi) is 4.82. The van der Waals surface area contributed by atoms with Crippen LogP contribution in [0.2, 0.25) is 5.02 Å². The van der Waals surface area contributed by atoms with E-state index in [0.29, 0.717) is 11.6 Å². The van der Waals surface area contributed by atoms with Gasteiger partial charge in [0.2, 0.25) is 0 Å². The second-order valence-electron chi connectivity index (χ2n) is 4.84. The van der Waals surface area contributed by atoms with Crippen LogP contribution in [-0.2, 0) is 17.9 Å². The molecule has 2 rings (SSSR count). The summed E-state index contributed by atoms with van der Waals surface area (Å²) in [6.45, 7) is 5.22. The van der Waals surface area contributed by atoms with E-state index in [0.717, 1.165) is 49.3 Å². The van der Waals surface area contributed by atoms with Crippen molar-refractivity contribution in [1.29, 1.82) is 0 Å². The lowest BCUT2D eigenvalue weighted by Crippen LogP contribution is -2.22. The molecule has 0 saturated heterocycles. The highest BCUT2D eigenvalue weighted by Crippen LogP contribution is 2.24. The van der Waals surface area contributed by atoms with Gasteiger partial charge in [0.25, 0.3) is 0 Å². The van der Waals surface area contributed by atoms with Crippen LogP contribution in [0.4, 0.5) is 0 Å². The van der Waals surface area contributed by atoms with Crippen molar-refractivity contribution in [1.82, 2.24) is 9.78 Å². The Morgan fingerprint density at radius 1 is 1.47 bits per heavy atom. The van der Waals surface area contributed by atoms with Crippen LogP contribution in [0.3, 0.4) is 0 Å². The van der Waals surface area contributed by atoms with Gasteiger partial charge in [0.1, 0.15) is 0 Å². The highest BCUT2D eigenvalue weighted by molar-refractivity contribution is 6.31. The molecule has 1 aromatic heterocycles. The summed E-state index contributed by atoms with van der Waals surface area (Å²) in [6, 6.07) is 0. The average Bonchev–Trinajstić information content (AvgIpc) is 2.72. The molecule has 1 fully saturated rings. The Morgan fingerprint density at radius 3 is 2.74 bits per heavy atom. The minimum Gasteiger partial charge on any atom is -0.411 e. The zero-order valence-electron chi connectivity index (χ0n) is 11.4. The second kappa shape index (κ2) is 6.39. The third-order valence-electron chi connectivity index (χ3n) is 3.56. The number of hydrogen-bond acceptors (Lipinski definition) is 4. The van der Waals surface area contributed by atoms with E-state index in [4.69, 9.17) is 21.5 Å². The molecule has 5 nitrogen and oxygen atoms in total. The second-order valence-corrected chi connectivity index (χ2v) is 5.22. The summed E-state index contributed by atoms with van der Waals surface area (Å²) in [7, 11) is 0. The van der Waals surface area contributed by atoms with Crippen LogP contribution in [0.15, 0.2) is 5.16 Å². The van der Waals surface area contributed by atoms with E-state index in [1.807, 2.05) is 18.5 Å². The molecule has 0 bridgehead atoms. The fraction of sp³-hybridized carbons (Fsp3) is 0.692. The van der Waals surface area contributed by atoms with Crippen LogP contribution in [0.5, 0.6) is 0 Å². The average molecular weight is 286 g/mol. The van der Waals surface area contributed by atoms with Gasteiger partial charge in [-0.05, 0) is 39.5 Å². The lowest BCUT2D eigenvalue weighted by atomic mass is 9.96. The summed E-state index contributed by atoms with van der Waals surface area (Å²) < 4.78 is 7.81. The molecule has 0 atom stereocenters. The molecule has 1 heterocycles. The summed E-state index contributed by atoms with van der Waals surface area (Å²) in [5, 5.41) is 17.1. The lowest BCUT2D eigenvalue weighted by Gasteiger charge is -2.22. The van der Waals surface area contributed by atoms with Crippen molar-refractivity contribution in [2.75, 3.05) is 0 Å². The van der Waals surface area contributed by atoms with Crippen molar-refractivity contribution in [3.05, 3.63) is 16.4 Å². The number of oxime groups is 1. The minimum atomic E-state index is 0.210. The Hall–Kier alpha value is -1.07. The number of ether oxygens (including phenoxy) is 1. The van der Waals surface area contributed by atoms with Gasteiger partial charge in [-0.3, -0.25) is 4.68 Å². The third kappa shape index (κ3) is 3.28. The first-order valence-corrected chi connectivity index (χ1v) is 7.06. The fourth-order valence-corrected chi connectivity index (χ4v) is 2.58. The predicted molar refractivity (Wildman–Crippen MR) is 73.9 cm³/mol. The fourth-order valence-electron chi connectivity index (χ4n) is 2.39.